The van der Waals surface area contributed by atoms with E-state index in [1.165, 1.54) is 12.1 Å². The Kier molecular flexibility index (Phi) is 4.62. The third-order valence-electron chi connectivity index (χ3n) is 2.99. The Morgan fingerprint density at radius 1 is 1.19 bits per heavy atom. The van der Waals surface area contributed by atoms with Gasteiger partial charge in [-0.2, -0.15) is 18.2 Å². The maximum Gasteiger partial charge on any atom is 0.416 e. The lowest BCUT2D eigenvalue weighted by atomic mass is 10.1. The van der Waals surface area contributed by atoms with Crippen molar-refractivity contribution in [2.45, 2.75) is 32.6 Å². The van der Waals surface area contributed by atoms with Gasteiger partial charge in [0.25, 0.3) is 0 Å². The van der Waals surface area contributed by atoms with Gasteiger partial charge in [-0.15, -0.1) is 0 Å². The van der Waals surface area contributed by atoms with Crippen molar-refractivity contribution in [2.75, 3.05) is 7.05 Å². The normalized spacial score (nSPS) is 12.1. The monoisotopic (exact) mass is 299 g/mol. The zero-order valence-electron chi connectivity index (χ0n) is 11.8. The highest BCUT2D eigenvalue weighted by Crippen LogP contribution is 2.32. The van der Waals surface area contributed by atoms with Crippen LogP contribution in [0.1, 0.15) is 29.8 Å². The molecule has 0 unspecified atom stereocenters. The van der Waals surface area contributed by atoms with Crippen LogP contribution in [0.15, 0.2) is 28.8 Å². The van der Waals surface area contributed by atoms with Gasteiger partial charge in [-0.1, -0.05) is 30.3 Å². The molecule has 21 heavy (non-hydrogen) atoms. The molecule has 0 radical (unpaired) electrons. The lowest BCUT2D eigenvalue weighted by Crippen LogP contribution is -2.20. The molecule has 4 nitrogen and oxygen atoms in total. The summed E-state index contributed by atoms with van der Waals surface area (Å²) >= 11 is 0. The van der Waals surface area contributed by atoms with Crippen LogP contribution >= 0.6 is 0 Å². The average molecular weight is 299 g/mol. The minimum absolute atomic E-state index is 0.152. The number of benzene rings is 1. The van der Waals surface area contributed by atoms with Gasteiger partial charge in [-0.25, -0.2) is 0 Å². The van der Waals surface area contributed by atoms with Crippen molar-refractivity contribution in [3.8, 4) is 0 Å². The van der Waals surface area contributed by atoms with Gasteiger partial charge in [0.2, 0.25) is 5.89 Å². The van der Waals surface area contributed by atoms with Gasteiger partial charge in [0.15, 0.2) is 5.82 Å². The topological polar surface area (TPSA) is 42.2 Å². The molecule has 0 N–H and O–H groups in total. The number of aryl methyl sites for hydroxylation is 1. The van der Waals surface area contributed by atoms with Crippen LogP contribution in [0.4, 0.5) is 13.2 Å². The van der Waals surface area contributed by atoms with Gasteiger partial charge < -0.3 is 4.52 Å². The molecule has 0 saturated carbocycles. The van der Waals surface area contributed by atoms with Crippen LogP contribution in [0.5, 0.6) is 0 Å². The first-order valence-electron chi connectivity index (χ1n) is 6.55. The lowest BCUT2D eigenvalue weighted by molar-refractivity contribution is -0.138. The van der Waals surface area contributed by atoms with Crippen molar-refractivity contribution in [2.24, 2.45) is 0 Å². The summed E-state index contributed by atoms with van der Waals surface area (Å²) < 4.78 is 43.8. The van der Waals surface area contributed by atoms with E-state index in [0.717, 1.165) is 6.07 Å². The molecule has 0 bridgehead atoms. The minimum Gasteiger partial charge on any atom is -0.338 e. The summed E-state index contributed by atoms with van der Waals surface area (Å²) in [5, 5.41) is 3.76. The van der Waals surface area contributed by atoms with Crippen LogP contribution in [0.3, 0.4) is 0 Å². The van der Waals surface area contributed by atoms with E-state index in [9.17, 15) is 13.2 Å². The Morgan fingerprint density at radius 3 is 2.52 bits per heavy atom. The van der Waals surface area contributed by atoms with Crippen molar-refractivity contribution >= 4 is 0 Å². The number of alkyl halides is 3. The van der Waals surface area contributed by atoms with Crippen LogP contribution in [0, 0.1) is 0 Å². The van der Waals surface area contributed by atoms with Crippen molar-refractivity contribution in [1.29, 1.82) is 0 Å². The molecule has 1 aromatic carbocycles. The van der Waals surface area contributed by atoms with Gasteiger partial charge >= 0.3 is 6.18 Å². The summed E-state index contributed by atoms with van der Waals surface area (Å²) in [6.07, 6.45) is -3.69. The molecular formula is C14H16F3N3O. The van der Waals surface area contributed by atoms with E-state index in [2.05, 4.69) is 10.1 Å². The molecule has 0 aliphatic rings. The fourth-order valence-electron chi connectivity index (χ4n) is 2.01. The summed E-state index contributed by atoms with van der Waals surface area (Å²) in [6.45, 7) is 2.36. The van der Waals surface area contributed by atoms with Crippen molar-refractivity contribution in [3.63, 3.8) is 0 Å². The van der Waals surface area contributed by atoms with Gasteiger partial charge in [0, 0.05) is 13.0 Å². The van der Waals surface area contributed by atoms with E-state index >= 15 is 0 Å². The number of rotatable bonds is 5. The van der Waals surface area contributed by atoms with Crippen molar-refractivity contribution in [1.82, 2.24) is 15.0 Å². The van der Waals surface area contributed by atoms with E-state index in [4.69, 9.17) is 4.52 Å². The maximum absolute atomic E-state index is 12.9. The average Bonchev–Trinajstić information content (AvgIpc) is 2.85. The smallest absolute Gasteiger partial charge is 0.338 e. The summed E-state index contributed by atoms with van der Waals surface area (Å²) in [4.78, 5) is 5.85. The van der Waals surface area contributed by atoms with Crippen LogP contribution in [0.25, 0.3) is 0 Å². The van der Waals surface area contributed by atoms with Gasteiger partial charge in [-0.3, -0.25) is 4.90 Å². The van der Waals surface area contributed by atoms with Crippen LogP contribution in [0.2, 0.25) is 0 Å². The molecule has 0 amide bonds. The predicted molar refractivity (Wildman–Crippen MR) is 70.3 cm³/mol. The first-order valence-corrected chi connectivity index (χ1v) is 6.55. The van der Waals surface area contributed by atoms with E-state index in [1.54, 1.807) is 18.0 Å². The molecule has 1 aromatic heterocycles. The molecule has 0 aliphatic carbocycles. The summed E-state index contributed by atoms with van der Waals surface area (Å²) in [5.41, 5.74) is -0.389. The number of halogens is 3. The first-order chi connectivity index (χ1) is 9.90. The maximum atomic E-state index is 12.9. The summed E-state index contributed by atoms with van der Waals surface area (Å²) in [6, 6.07) is 5.55. The number of nitrogens with zero attached hydrogens (tertiary/aromatic N) is 3. The van der Waals surface area contributed by atoms with Gasteiger partial charge in [0.1, 0.15) is 0 Å². The van der Waals surface area contributed by atoms with E-state index in [1.807, 2.05) is 6.92 Å². The molecule has 0 saturated heterocycles. The highest BCUT2D eigenvalue weighted by Gasteiger charge is 2.33. The highest BCUT2D eigenvalue weighted by atomic mass is 19.4. The molecular weight excluding hydrogens is 283 g/mol. The number of aromatic nitrogens is 2. The minimum atomic E-state index is -4.35. The molecule has 2 rings (SSSR count). The summed E-state index contributed by atoms with van der Waals surface area (Å²) in [7, 11) is 1.71. The number of hydrogen-bond acceptors (Lipinski definition) is 4. The Balaban J connectivity index is 2.07. The first kappa shape index (κ1) is 15.5. The third kappa shape index (κ3) is 4.04. The van der Waals surface area contributed by atoms with Crippen LogP contribution in [-0.2, 0) is 25.7 Å². The fourth-order valence-corrected chi connectivity index (χ4v) is 2.01. The molecule has 7 heteroatoms. The van der Waals surface area contributed by atoms with Crippen molar-refractivity contribution < 1.29 is 17.7 Å². The second-order valence-corrected chi connectivity index (χ2v) is 4.79. The molecule has 114 valence electrons. The molecule has 0 spiro atoms. The molecule has 0 fully saturated rings. The zero-order chi connectivity index (χ0) is 15.5. The van der Waals surface area contributed by atoms with Crippen LogP contribution in [-0.4, -0.2) is 22.1 Å². The molecule has 1 heterocycles. The molecule has 2 aromatic rings. The largest absolute Gasteiger partial charge is 0.416 e. The summed E-state index contributed by atoms with van der Waals surface area (Å²) in [5.74, 6) is 0.993. The second kappa shape index (κ2) is 6.26. The quantitative estimate of drug-likeness (QED) is 0.849. The zero-order valence-corrected chi connectivity index (χ0v) is 11.8. The third-order valence-corrected chi connectivity index (χ3v) is 2.99. The Labute approximate surface area is 120 Å². The van der Waals surface area contributed by atoms with Gasteiger partial charge in [-0.05, 0) is 18.7 Å². The van der Waals surface area contributed by atoms with Crippen LogP contribution < -0.4 is 0 Å². The Hall–Kier alpha value is -1.89. The fraction of sp³-hybridized carbons (Fsp3) is 0.429. The Bertz CT molecular complexity index is 595. The van der Waals surface area contributed by atoms with Crippen molar-refractivity contribution in [3.05, 3.63) is 47.1 Å². The Morgan fingerprint density at radius 2 is 1.90 bits per heavy atom. The standard InChI is InChI=1S/C14H16F3N3O/c1-3-12-18-13(21-19-12)9-20(2)8-10-6-4-5-7-11(10)14(15,16)17/h4-7H,3,8-9H2,1-2H3. The second-order valence-electron chi connectivity index (χ2n) is 4.79. The molecule has 0 atom stereocenters. The lowest BCUT2D eigenvalue weighted by Gasteiger charge is -2.18. The predicted octanol–water partition coefficient (Wildman–Crippen LogP) is 3.28. The van der Waals surface area contributed by atoms with E-state index < -0.39 is 11.7 Å². The molecule has 0 aliphatic heterocycles. The van der Waals surface area contributed by atoms with E-state index in [0.29, 0.717) is 24.7 Å². The van der Waals surface area contributed by atoms with Gasteiger partial charge in [0.05, 0.1) is 12.1 Å². The highest BCUT2D eigenvalue weighted by molar-refractivity contribution is 5.29. The van der Waals surface area contributed by atoms with E-state index in [-0.39, 0.29) is 12.1 Å². The number of hydrogen-bond donors (Lipinski definition) is 0. The SMILES string of the molecule is CCc1noc(CN(C)Cc2ccccc2C(F)(F)F)n1.